The SMILES string of the molecule is CCC(C)c1nnc(C2(c3ccc(Br)cc3)CCOCC2)o1. The predicted molar refractivity (Wildman–Crippen MR) is 88.0 cm³/mol. The van der Waals surface area contributed by atoms with E-state index in [0.717, 1.165) is 48.7 Å². The fourth-order valence-electron chi connectivity index (χ4n) is 2.92. The number of ether oxygens (including phenoxy) is 1. The quantitative estimate of drug-likeness (QED) is 0.804. The second-order valence-corrected chi connectivity index (χ2v) is 6.87. The van der Waals surface area contributed by atoms with Crippen molar-refractivity contribution < 1.29 is 9.15 Å². The number of halogens is 1. The van der Waals surface area contributed by atoms with Gasteiger partial charge >= 0.3 is 0 Å². The Balaban J connectivity index is 2.02. The van der Waals surface area contributed by atoms with E-state index in [4.69, 9.17) is 9.15 Å². The van der Waals surface area contributed by atoms with Gasteiger partial charge in [0, 0.05) is 23.6 Å². The van der Waals surface area contributed by atoms with Crippen LogP contribution in [0.2, 0.25) is 0 Å². The van der Waals surface area contributed by atoms with E-state index in [9.17, 15) is 0 Å². The Morgan fingerprint density at radius 1 is 1.18 bits per heavy atom. The molecule has 0 saturated carbocycles. The molecule has 2 heterocycles. The van der Waals surface area contributed by atoms with Crippen molar-refractivity contribution in [3.8, 4) is 0 Å². The van der Waals surface area contributed by atoms with Gasteiger partial charge < -0.3 is 9.15 Å². The monoisotopic (exact) mass is 364 g/mol. The van der Waals surface area contributed by atoms with Gasteiger partial charge in [-0.05, 0) is 37.0 Å². The van der Waals surface area contributed by atoms with Crippen molar-refractivity contribution in [2.45, 2.75) is 44.4 Å². The van der Waals surface area contributed by atoms with Crippen molar-refractivity contribution in [3.63, 3.8) is 0 Å². The van der Waals surface area contributed by atoms with Crippen molar-refractivity contribution in [2.75, 3.05) is 13.2 Å². The summed E-state index contributed by atoms with van der Waals surface area (Å²) >= 11 is 3.50. The first-order valence-electron chi connectivity index (χ1n) is 7.83. The van der Waals surface area contributed by atoms with E-state index >= 15 is 0 Å². The fourth-order valence-corrected chi connectivity index (χ4v) is 3.18. The molecule has 1 saturated heterocycles. The summed E-state index contributed by atoms with van der Waals surface area (Å²) in [6.45, 7) is 5.69. The first-order chi connectivity index (χ1) is 10.7. The summed E-state index contributed by atoms with van der Waals surface area (Å²) in [6.07, 6.45) is 2.74. The first-order valence-corrected chi connectivity index (χ1v) is 8.62. The largest absolute Gasteiger partial charge is 0.424 e. The summed E-state index contributed by atoms with van der Waals surface area (Å²) < 4.78 is 12.7. The van der Waals surface area contributed by atoms with Crippen LogP contribution in [0.15, 0.2) is 33.2 Å². The molecule has 4 nitrogen and oxygen atoms in total. The smallest absolute Gasteiger partial charge is 0.227 e. The van der Waals surface area contributed by atoms with Gasteiger partial charge in [-0.15, -0.1) is 10.2 Å². The molecule has 5 heteroatoms. The summed E-state index contributed by atoms with van der Waals surface area (Å²) in [4.78, 5) is 0. The number of rotatable bonds is 4. The lowest BCUT2D eigenvalue weighted by molar-refractivity contribution is 0.0539. The highest BCUT2D eigenvalue weighted by Gasteiger charge is 2.41. The molecule has 1 fully saturated rings. The van der Waals surface area contributed by atoms with Crippen LogP contribution in [0.3, 0.4) is 0 Å². The maximum Gasteiger partial charge on any atom is 0.227 e. The fraction of sp³-hybridized carbons (Fsp3) is 0.529. The first kappa shape index (κ1) is 15.7. The molecule has 1 unspecified atom stereocenters. The lowest BCUT2D eigenvalue weighted by Crippen LogP contribution is -2.35. The molecule has 0 N–H and O–H groups in total. The molecular weight excluding hydrogens is 344 g/mol. The molecule has 1 aromatic heterocycles. The topological polar surface area (TPSA) is 48.2 Å². The molecule has 3 rings (SSSR count). The van der Waals surface area contributed by atoms with E-state index in [-0.39, 0.29) is 5.41 Å². The van der Waals surface area contributed by atoms with Crippen LogP contribution < -0.4 is 0 Å². The summed E-state index contributed by atoms with van der Waals surface area (Å²) in [5.41, 5.74) is 0.996. The molecule has 0 aliphatic carbocycles. The molecule has 1 aromatic carbocycles. The molecule has 0 amide bonds. The lowest BCUT2D eigenvalue weighted by Gasteiger charge is -2.34. The normalized spacial score (nSPS) is 19.0. The molecule has 1 atom stereocenters. The van der Waals surface area contributed by atoms with Gasteiger partial charge in [-0.1, -0.05) is 41.9 Å². The number of aromatic nitrogens is 2. The van der Waals surface area contributed by atoms with E-state index in [1.807, 2.05) is 0 Å². The van der Waals surface area contributed by atoms with Gasteiger partial charge in [0.15, 0.2) is 0 Å². The maximum absolute atomic E-state index is 6.07. The van der Waals surface area contributed by atoms with Crippen LogP contribution >= 0.6 is 15.9 Å². The Morgan fingerprint density at radius 2 is 1.86 bits per heavy atom. The lowest BCUT2D eigenvalue weighted by atomic mass is 9.74. The third-order valence-corrected chi connectivity index (χ3v) is 5.16. The van der Waals surface area contributed by atoms with Crippen molar-refractivity contribution in [2.24, 2.45) is 0 Å². The molecule has 118 valence electrons. The molecule has 1 aliphatic heterocycles. The van der Waals surface area contributed by atoms with Crippen LogP contribution in [0.1, 0.15) is 56.4 Å². The molecular formula is C17H21BrN2O2. The van der Waals surface area contributed by atoms with Crippen LogP contribution in [0.4, 0.5) is 0 Å². The van der Waals surface area contributed by atoms with E-state index in [1.54, 1.807) is 0 Å². The molecule has 0 bridgehead atoms. The van der Waals surface area contributed by atoms with Gasteiger partial charge in [0.1, 0.15) is 0 Å². The van der Waals surface area contributed by atoms with E-state index < -0.39 is 0 Å². The average Bonchev–Trinajstić information content (AvgIpc) is 3.06. The highest BCUT2D eigenvalue weighted by atomic mass is 79.9. The highest BCUT2D eigenvalue weighted by Crippen LogP contribution is 2.41. The van der Waals surface area contributed by atoms with Crippen LogP contribution in [0, 0.1) is 0 Å². The van der Waals surface area contributed by atoms with Crippen molar-refractivity contribution >= 4 is 15.9 Å². The zero-order valence-corrected chi connectivity index (χ0v) is 14.6. The van der Waals surface area contributed by atoms with Crippen molar-refractivity contribution in [1.29, 1.82) is 0 Å². The zero-order chi connectivity index (χ0) is 15.6. The number of hydrogen-bond donors (Lipinski definition) is 0. The van der Waals surface area contributed by atoms with Crippen LogP contribution in [0.25, 0.3) is 0 Å². The minimum Gasteiger partial charge on any atom is -0.424 e. The Hall–Kier alpha value is -1.20. The number of hydrogen-bond acceptors (Lipinski definition) is 4. The van der Waals surface area contributed by atoms with Crippen LogP contribution in [-0.4, -0.2) is 23.4 Å². The zero-order valence-electron chi connectivity index (χ0n) is 13.0. The molecule has 0 spiro atoms. The summed E-state index contributed by atoms with van der Waals surface area (Å²) in [7, 11) is 0. The average molecular weight is 365 g/mol. The molecule has 1 aliphatic rings. The Bertz CT molecular complexity index is 618. The van der Waals surface area contributed by atoms with E-state index in [2.05, 4.69) is 64.2 Å². The molecule has 22 heavy (non-hydrogen) atoms. The van der Waals surface area contributed by atoms with Crippen molar-refractivity contribution in [3.05, 3.63) is 46.1 Å². The number of benzene rings is 1. The van der Waals surface area contributed by atoms with Crippen molar-refractivity contribution in [1.82, 2.24) is 10.2 Å². The van der Waals surface area contributed by atoms with Crippen LogP contribution in [-0.2, 0) is 10.2 Å². The van der Waals surface area contributed by atoms with Gasteiger partial charge in [0.05, 0.1) is 5.41 Å². The van der Waals surface area contributed by atoms with Gasteiger partial charge in [-0.2, -0.15) is 0 Å². The predicted octanol–water partition coefficient (Wildman–Crippen LogP) is 4.44. The van der Waals surface area contributed by atoms with E-state index in [1.165, 1.54) is 5.56 Å². The van der Waals surface area contributed by atoms with Gasteiger partial charge in [0.25, 0.3) is 0 Å². The molecule has 0 radical (unpaired) electrons. The third kappa shape index (κ3) is 2.84. The Kier molecular flexibility index (Phi) is 4.64. The Morgan fingerprint density at radius 3 is 2.50 bits per heavy atom. The van der Waals surface area contributed by atoms with E-state index in [0.29, 0.717) is 5.92 Å². The van der Waals surface area contributed by atoms with Gasteiger partial charge in [-0.3, -0.25) is 0 Å². The minimum absolute atomic E-state index is 0.225. The summed E-state index contributed by atoms with van der Waals surface area (Å²) in [5.74, 6) is 1.76. The van der Waals surface area contributed by atoms with Gasteiger partial charge in [-0.25, -0.2) is 0 Å². The summed E-state index contributed by atoms with van der Waals surface area (Å²) in [6, 6.07) is 8.42. The highest BCUT2D eigenvalue weighted by molar-refractivity contribution is 9.10. The van der Waals surface area contributed by atoms with Crippen LogP contribution in [0.5, 0.6) is 0 Å². The third-order valence-electron chi connectivity index (χ3n) is 4.63. The second-order valence-electron chi connectivity index (χ2n) is 5.96. The van der Waals surface area contributed by atoms with Gasteiger partial charge in [0.2, 0.25) is 11.8 Å². The molecule has 2 aromatic rings. The maximum atomic E-state index is 6.07. The standard InChI is InChI=1S/C17H21BrN2O2/c1-3-12(2)15-19-20-16(22-15)17(8-10-21-11-9-17)13-4-6-14(18)7-5-13/h4-7,12H,3,8-11H2,1-2H3. The number of nitrogens with zero attached hydrogens (tertiary/aromatic N) is 2. The second kappa shape index (κ2) is 6.50. The Labute approximate surface area is 139 Å². The summed E-state index contributed by atoms with van der Waals surface area (Å²) in [5, 5.41) is 8.68. The minimum atomic E-state index is -0.225.